The molecule has 0 radical (unpaired) electrons. The van der Waals surface area contributed by atoms with Crippen molar-refractivity contribution in [1.82, 2.24) is 10.5 Å². The third-order valence-corrected chi connectivity index (χ3v) is 6.10. The molecule has 1 atom stereocenters. The molecule has 1 aromatic carbocycles. The number of pyridine rings is 1. The number of hydrogen-bond acceptors (Lipinski definition) is 10. The average molecular weight is 569 g/mol. The van der Waals surface area contributed by atoms with Crippen LogP contribution in [0.3, 0.4) is 0 Å². The van der Waals surface area contributed by atoms with Crippen molar-refractivity contribution in [3.8, 4) is 0 Å². The quantitative estimate of drug-likeness (QED) is 0.0935. The summed E-state index contributed by atoms with van der Waals surface area (Å²) in [5, 5.41) is 14.0. The fraction of sp³-hybridized carbons (Fsp3) is 0.321. The van der Waals surface area contributed by atoms with E-state index in [2.05, 4.69) is 30.6 Å². The minimum absolute atomic E-state index is 0.139. The van der Waals surface area contributed by atoms with E-state index >= 15 is 0 Å². The van der Waals surface area contributed by atoms with Crippen LogP contribution in [0.25, 0.3) is 16.5 Å². The number of nitrogens with one attached hydrogen (secondary N) is 2. The van der Waals surface area contributed by atoms with Crippen LogP contribution >= 0.6 is 11.6 Å². The second-order valence-electron chi connectivity index (χ2n) is 9.80. The molecule has 0 saturated carbocycles. The average Bonchev–Trinajstić information content (AvgIpc) is 2.90. The first-order valence-electron chi connectivity index (χ1n) is 12.4. The van der Waals surface area contributed by atoms with Crippen molar-refractivity contribution in [2.75, 3.05) is 18.9 Å². The van der Waals surface area contributed by atoms with Gasteiger partial charge in [-0.05, 0) is 58.4 Å². The van der Waals surface area contributed by atoms with E-state index in [1.54, 1.807) is 39.0 Å². The number of carbonyl (C=O) groups is 1. The second kappa shape index (κ2) is 12.8. The van der Waals surface area contributed by atoms with Crippen molar-refractivity contribution < 1.29 is 19.2 Å². The van der Waals surface area contributed by atoms with Gasteiger partial charge in [0, 0.05) is 30.6 Å². The highest BCUT2D eigenvalue weighted by Gasteiger charge is 2.21. The zero-order valence-corrected chi connectivity index (χ0v) is 24.0. The Bertz CT molecular complexity index is 1560. The summed E-state index contributed by atoms with van der Waals surface area (Å²) in [6, 6.07) is 6.62. The van der Waals surface area contributed by atoms with E-state index in [4.69, 9.17) is 21.8 Å². The summed E-state index contributed by atoms with van der Waals surface area (Å²) in [4.78, 5) is 41.5. The molecular formula is C28H33ClN6O5. The van der Waals surface area contributed by atoms with Gasteiger partial charge in [-0.2, -0.15) is 5.48 Å². The summed E-state index contributed by atoms with van der Waals surface area (Å²) < 4.78 is 6.35. The number of benzene rings is 1. The Morgan fingerprint density at radius 1 is 1.32 bits per heavy atom. The number of hydrogen-bond donors (Lipinski definition) is 4. The zero-order chi connectivity index (χ0) is 29.6. The number of aliphatic imine (C=N–C) groups is 2. The Balaban J connectivity index is 2.13. The molecule has 212 valence electrons. The number of fused-ring (bicyclic) bond motifs is 1. The van der Waals surface area contributed by atoms with Crippen LogP contribution in [0.5, 0.6) is 0 Å². The molecule has 0 aliphatic carbocycles. The second-order valence-corrected chi connectivity index (χ2v) is 10.2. The highest BCUT2D eigenvalue weighted by Crippen LogP contribution is 2.31. The fourth-order valence-corrected chi connectivity index (χ4v) is 4.18. The summed E-state index contributed by atoms with van der Waals surface area (Å²) in [6.45, 7) is 9.11. The number of aromatic nitrogens is 1. The van der Waals surface area contributed by atoms with E-state index in [9.17, 15) is 14.7 Å². The number of nitrogens with two attached hydrogens (primary N) is 1. The predicted molar refractivity (Wildman–Crippen MR) is 158 cm³/mol. The minimum Gasteiger partial charge on any atom is -0.455 e. The van der Waals surface area contributed by atoms with Crippen molar-refractivity contribution >= 4 is 52.4 Å². The molecule has 0 aliphatic rings. The monoisotopic (exact) mass is 568 g/mol. The van der Waals surface area contributed by atoms with Crippen LogP contribution in [-0.4, -0.2) is 47.8 Å². The van der Waals surface area contributed by atoms with Crippen LogP contribution in [0, 0.1) is 13.8 Å². The number of halogens is 1. The third kappa shape index (κ3) is 7.04. The number of rotatable bonds is 10. The van der Waals surface area contributed by atoms with Crippen LogP contribution in [0.1, 0.15) is 55.0 Å². The number of anilines is 1. The largest absolute Gasteiger partial charge is 0.455 e. The topological polar surface area (TPSA) is 164 Å². The van der Waals surface area contributed by atoms with Crippen molar-refractivity contribution in [2.45, 2.75) is 46.3 Å². The van der Waals surface area contributed by atoms with Crippen LogP contribution in [-0.2, 0) is 9.63 Å². The van der Waals surface area contributed by atoms with Gasteiger partial charge in [0.2, 0.25) is 0 Å². The fourth-order valence-electron chi connectivity index (χ4n) is 4.03. The van der Waals surface area contributed by atoms with Crippen LogP contribution < -0.4 is 22.0 Å². The Hall–Kier alpha value is -4.22. The lowest BCUT2D eigenvalue weighted by atomic mass is 9.99. The molecule has 1 unspecified atom stereocenters. The normalized spacial score (nSPS) is 13.5. The van der Waals surface area contributed by atoms with Crippen LogP contribution in [0.2, 0.25) is 5.15 Å². The van der Waals surface area contributed by atoms with Crippen molar-refractivity contribution in [2.24, 2.45) is 15.7 Å². The van der Waals surface area contributed by atoms with E-state index in [-0.39, 0.29) is 35.2 Å². The lowest BCUT2D eigenvalue weighted by Gasteiger charge is -2.21. The highest BCUT2D eigenvalue weighted by atomic mass is 35.5. The molecule has 40 heavy (non-hydrogen) atoms. The Morgan fingerprint density at radius 3 is 2.67 bits per heavy atom. The van der Waals surface area contributed by atoms with E-state index in [0.29, 0.717) is 39.1 Å². The van der Waals surface area contributed by atoms with Crippen molar-refractivity contribution in [3.63, 3.8) is 0 Å². The Morgan fingerprint density at radius 2 is 2.05 bits per heavy atom. The Kier molecular flexibility index (Phi) is 9.67. The number of allylic oxidation sites excluding steroid dienone is 1. The van der Waals surface area contributed by atoms with Gasteiger partial charge in [-0.1, -0.05) is 17.7 Å². The number of aryl methyl sites for hydroxylation is 1. The first kappa shape index (κ1) is 30.3. The molecule has 0 amide bonds. The molecule has 12 heteroatoms. The van der Waals surface area contributed by atoms with Crippen LogP contribution in [0.4, 0.5) is 5.69 Å². The molecule has 0 saturated heterocycles. The maximum Gasteiger partial charge on any atom is 0.320 e. The van der Waals surface area contributed by atoms with Crippen molar-refractivity contribution in [1.29, 1.82) is 0 Å². The van der Waals surface area contributed by atoms with E-state index in [1.807, 2.05) is 19.9 Å². The SMILES string of the molecule is CN=C(NOC=O)c1nc(Cl)ccc1NC(C)c1cc(C)cc2c(=O)c(C)c(/C(C=NCC(C)(C)O)=C/N)oc12. The molecule has 2 heterocycles. The lowest BCUT2D eigenvalue weighted by Crippen LogP contribution is -2.27. The van der Waals surface area contributed by atoms with Gasteiger partial charge in [0.15, 0.2) is 11.3 Å². The maximum absolute atomic E-state index is 13.5. The smallest absolute Gasteiger partial charge is 0.320 e. The van der Waals surface area contributed by atoms with E-state index in [0.717, 1.165) is 5.56 Å². The predicted octanol–water partition coefficient (Wildman–Crippen LogP) is 3.83. The molecule has 0 bridgehead atoms. The van der Waals surface area contributed by atoms with Gasteiger partial charge in [0.25, 0.3) is 0 Å². The van der Waals surface area contributed by atoms with Crippen LogP contribution in [0.15, 0.2) is 49.7 Å². The maximum atomic E-state index is 13.5. The van der Waals surface area contributed by atoms with E-state index < -0.39 is 11.6 Å². The summed E-state index contributed by atoms with van der Waals surface area (Å²) >= 11 is 6.14. The molecule has 3 rings (SSSR count). The molecule has 11 nitrogen and oxygen atoms in total. The number of carbonyl (C=O) groups excluding carboxylic acids is 1. The molecule has 3 aromatic rings. The van der Waals surface area contributed by atoms with Gasteiger partial charge in [-0.3, -0.25) is 19.6 Å². The molecule has 0 fully saturated rings. The number of amidine groups is 1. The zero-order valence-electron chi connectivity index (χ0n) is 23.2. The van der Waals surface area contributed by atoms with Gasteiger partial charge in [0.05, 0.1) is 34.8 Å². The highest BCUT2D eigenvalue weighted by molar-refractivity contribution is 6.29. The van der Waals surface area contributed by atoms with Gasteiger partial charge < -0.3 is 25.4 Å². The molecular weight excluding hydrogens is 536 g/mol. The first-order valence-corrected chi connectivity index (χ1v) is 12.8. The third-order valence-electron chi connectivity index (χ3n) is 5.89. The standard InChI is InChI=1S/C28H33ClN6O5/c1-15-9-19(17(3)33-21-7-8-22(29)34-23(21)27(31-6)35-39-14-36)26-20(10-15)24(37)16(2)25(40-26)18(11-30)12-32-13-28(4,5)38/h7-12,14,17,33,38H,13,30H2,1-6H3,(H,31,35)/b18-11+,32-12?. The Labute approximate surface area is 236 Å². The number of aliphatic hydroxyl groups is 1. The van der Waals surface area contributed by atoms with E-state index in [1.165, 1.54) is 19.5 Å². The number of nitrogens with zero attached hydrogens (tertiary/aromatic N) is 3. The molecule has 5 N–H and O–H groups in total. The van der Waals surface area contributed by atoms with Gasteiger partial charge in [-0.15, -0.1) is 0 Å². The first-order chi connectivity index (χ1) is 18.9. The lowest BCUT2D eigenvalue weighted by molar-refractivity contribution is -0.132. The summed E-state index contributed by atoms with van der Waals surface area (Å²) in [5.74, 6) is 0.451. The summed E-state index contributed by atoms with van der Waals surface area (Å²) in [6.07, 6.45) is 2.79. The molecule has 0 spiro atoms. The van der Waals surface area contributed by atoms with Gasteiger partial charge in [-0.25, -0.2) is 4.98 Å². The summed E-state index contributed by atoms with van der Waals surface area (Å²) in [5.41, 5.74) is 10.7. The van der Waals surface area contributed by atoms with Crippen molar-refractivity contribution in [3.05, 3.63) is 74.0 Å². The molecule has 2 aromatic heterocycles. The minimum atomic E-state index is -1.01. The van der Waals surface area contributed by atoms with Gasteiger partial charge in [0.1, 0.15) is 22.2 Å². The number of hydroxylamine groups is 1. The summed E-state index contributed by atoms with van der Waals surface area (Å²) in [7, 11) is 1.51. The molecule has 0 aliphatic heterocycles. The van der Waals surface area contributed by atoms with Gasteiger partial charge >= 0.3 is 6.47 Å².